The van der Waals surface area contributed by atoms with E-state index >= 15 is 0 Å². The summed E-state index contributed by atoms with van der Waals surface area (Å²) in [6.45, 7) is 1.85. The number of aryl methyl sites for hydroxylation is 1. The van der Waals surface area contributed by atoms with E-state index in [0.717, 1.165) is 5.56 Å². The lowest BCUT2D eigenvalue weighted by molar-refractivity contribution is 0.0981. The van der Waals surface area contributed by atoms with E-state index in [-0.39, 0.29) is 10.5 Å². The molecule has 2 aromatic carbocycles. The molecule has 0 bridgehead atoms. The van der Waals surface area contributed by atoms with Crippen molar-refractivity contribution in [2.24, 2.45) is 0 Å². The summed E-state index contributed by atoms with van der Waals surface area (Å²) in [5, 5.41) is 0. The summed E-state index contributed by atoms with van der Waals surface area (Å²) in [5.41, 5.74) is 7.08. The molecule has 20 heavy (non-hydrogen) atoms. The van der Waals surface area contributed by atoms with Gasteiger partial charge < -0.3 is 5.73 Å². The lowest BCUT2D eigenvalue weighted by Gasteiger charge is -2.07. The van der Waals surface area contributed by atoms with Crippen LogP contribution in [0.2, 0.25) is 0 Å². The first-order valence-electron chi connectivity index (χ1n) is 5.88. The summed E-state index contributed by atoms with van der Waals surface area (Å²) in [7, 11) is -3.88. The molecular formula is C14H14N2O3S. The Kier molecular flexibility index (Phi) is 3.76. The summed E-state index contributed by atoms with van der Waals surface area (Å²) >= 11 is 0. The van der Waals surface area contributed by atoms with Crippen molar-refractivity contribution >= 4 is 21.6 Å². The lowest BCUT2D eigenvalue weighted by atomic mass is 10.2. The van der Waals surface area contributed by atoms with Crippen LogP contribution < -0.4 is 10.5 Å². The first-order valence-corrected chi connectivity index (χ1v) is 7.36. The molecule has 3 N–H and O–H groups in total. The third-order valence-corrected chi connectivity index (χ3v) is 4.05. The van der Waals surface area contributed by atoms with Crippen molar-refractivity contribution in [2.75, 3.05) is 5.73 Å². The van der Waals surface area contributed by atoms with Crippen LogP contribution in [-0.4, -0.2) is 14.3 Å². The minimum absolute atomic E-state index is 0.0420. The van der Waals surface area contributed by atoms with Crippen molar-refractivity contribution in [2.45, 2.75) is 11.8 Å². The van der Waals surface area contributed by atoms with Gasteiger partial charge in [0, 0.05) is 11.3 Å². The maximum Gasteiger partial charge on any atom is 0.265 e. The van der Waals surface area contributed by atoms with Crippen molar-refractivity contribution in [1.29, 1.82) is 0 Å². The number of rotatable bonds is 3. The molecule has 0 aliphatic carbocycles. The molecule has 0 fully saturated rings. The Morgan fingerprint density at radius 2 is 1.75 bits per heavy atom. The Morgan fingerprint density at radius 1 is 1.10 bits per heavy atom. The number of benzene rings is 2. The van der Waals surface area contributed by atoms with Crippen molar-refractivity contribution in [3.05, 3.63) is 59.7 Å². The Morgan fingerprint density at radius 3 is 2.35 bits per heavy atom. The monoisotopic (exact) mass is 290 g/mol. The van der Waals surface area contributed by atoms with Gasteiger partial charge in [-0.05, 0) is 37.3 Å². The summed E-state index contributed by atoms with van der Waals surface area (Å²) < 4.78 is 26.1. The predicted octanol–water partition coefficient (Wildman–Crippen LogP) is 1.70. The van der Waals surface area contributed by atoms with Crippen LogP contribution in [0, 0.1) is 6.92 Å². The minimum atomic E-state index is -3.88. The van der Waals surface area contributed by atoms with Gasteiger partial charge in [-0.3, -0.25) is 4.79 Å². The fraction of sp³-hybridized carbons (Fsp3) is 0.0714. The predicted molar refractivity (Wildman–Crippen MR) is 76.7 cm³/mol. The molecule has 0 saturated carbocycles. The quantitative estimate of drug-likeness (QED) is 0.842. The van der Waals surface area contributed by atoms with Gasteiger partial charge in [0.05, 0.1) is 4.90 Å². The first-order chi connectivity index (χ1) is 9.38. The maximum atomic E-state index is 12.0. The van der Waals surface area contributed by atoms with Gasteiger partial charge >= 0.3 is 0 Å². The van der Waals surface area contributed by atoms with Gasteiger partial charge in [0.1, 0.15) is 0 Å². The molecule has 5 nitrogen and oxygen atoms in total. The number of nitrogens with two attached hydrogens (primary N) is 1. The van der Waals surface area contributed by atoms with Gasteiger partial charge in [-0.2, -0.15) is 0 Å². The van der Waals surface area contributed by atoms with Crippen LogP contribution in [0.4, 0.5) is 5.69 Å². The second-order valence-corrected chi connectivity index (χ2v) is 6.06. The van der Waals surface area contributed by atoms with Crippen LogP contribution in [0.3, 0.4) is 0 Å². The van der Waals surface area contributed by atoms with Crippen molar-refractivity contribution in [1.82, 2.24) is 4.72 Å². The molecule has 104 valence electrons. The smallest absolute Gasteiger partial charge is 0.265 e. The van der Waals surface area contributed by atoms with Gasteiger partial charge in [-0.25, -0.2) is 13.1 Å². The molecule has 2 rings (SSSR count). The number of nitrogen functional groups attached to an aromatic ring is 1. The zero-order valence-corrected chi connectivity index (χ0v) is 11.6. The van der Waals surface area contributed by atoms with E-state index in [1.165, 1.54) is 24.3 Å². The first kappa shape index (κ1) is 14.1. The third kappa shape index (κ3) is 3.16. The van der Waals surface area contributed by atoms with Crippen molar-refractivity contribution in [3.8, 4) is 0 Å². The second kappa shape index (κ2) is 5.34. The van der Waals surface area contributed by atoms with E-state index in [4.69, 9.17) is 5.73 Å². The molecule has 0 spiro atoms. The van der Waals surface area contributed by atoms with E-state index in [1.54, 1.807) is 24.3 Å². The maximum absolute atomic E-state index is 12.0. The fourth-order valence-electron chi connectivity index (χ4n) is 1.64. The van der Waals surface area contributed by atoms with Crippen LogP contribution in [0.15, 0.2) is 53.4 Å². The minimum Gasteiger partial charge on any atom is -0.399 e. The molecule has 0 aromatic heterocycles. The molecule has 0 unspecified atom stereocenters. The molecule has 0 atom stereocenters. The summed E-state index contributed by atoms with van der Waals surface area (Å²) in [6, 6.07) is 12.3. The largest absolute Gasteiger partial charge is 0.399 e. The van der Waals surface area contributed by atoms with E-state index in [9.17, 15) is 13.2 Å². The number of hydrogen-bond acceptors (Lipinski definition) is 4. The van der Waals surface area contributed by atoms with E-state index < -0.39 is 15.9 Å². The number of carbonyl (C=O) groups is 1. The Balaban J connectivity index is 2.24. The topological polar surface area (TPSA) is 89.3 Å². The van der Waals surface area contributed by atoms with E-state index in [1.807, 2.05) is 11.6 Å². The molecule has 0 heterocycles. The molecule has 1 amide bonds. The van der Waals surface area contributed by atoms with Crippen LogP contribution >= 0.6 is 0 Å². The van der Waals surface area contributed by atoms with Crippen LogP contribution in [0.5, 0.6) is 0 Å². The molecule has 2 aromatic rings. The van der Waals surface area contributed by atoms with Crippen LogP contribution in [-0.2, 0) is 10.0 Å². The standard InChI is InChI=1S/C14H14N2O3S/c1-10-5-7-13(8-6-10)20(18,19)16-14(17)11-3-2-4-12(15)9-11/h2-9H,15H2,1H3,(H,16,17). The molecule has 0 aliphatic rings. The second-order valence-electron chi connectivity index (χ2n) is 4.37. The molecule has 0 aliphatic heterocycles. The van der Waals surface area contributed by atoms with Crippen LogP contribution in [0.1, 0.15) is 15.9 Å². The van der Waals surface area contributed by atoms with Gasteiger partial charge in [0.15, 0.2) is 0 Å². The fourth-order valence-corrected chi connectivity index (χ4v) is 2.61. The van der Waals surface area contributed by atoms with Crippen LogP contribution in [0.25, 0.3) is 0 Å². The number of anilines is 1. The molecule has 0 radical (unpaired) electrons. The third-order valence-electron chi connectivity index (χ3n) is 2.71. The number of carbonyl (C=O) groups excluding carboxylic acids is 1. The highest BCUT2D eigenvalue weighted by Crippen LogP contribution is 2.12. The highest BCUT2D eigenvalue weighted by atomic mass is 32.2. The number of amides is 1. The zero-order chi connectivity index (χ0) is 14.8. The zero-order valence-electron chi connectivity index (χ0n) is 10.8. The van der Waals surface area contributed by atoms with Gasteiger partial charge in [0.25, 0.3) is 15.9 Å². The Hall–Kier alpha value is -2.34. The normalized spacial score (nSPS) is 11.1. The number of sulfonamides is 1. The average Bonchev–Trinajstić information content (AvgIpc) is 2.38. The molecule has 6 heteroatoms. The number of hydrogen-bond donors (Lipinski definition) is 2. The summed E-state index contributed by atoms with van der Waals surface area (Å²) in [5.74, 6) is -0.710. The highest BCUT2D eigenvalue weighted by molar-refractivity contribution is 7.90. The highest BCUT2D eigenvalue weighted by Gasteiger charge is 2.18. The van der Waals surface area contributed by atoms with Gasteiger partial charge in [-0.15, -0.1) is 0 Å². The van der Waals surface area contributed by atoms with E-state index in [0.29, 0.717) is 5.69 Å². The molecule has 0 saturated heterocycles. The SMILES string of the molecule is Cc1ccc(S(=O)(=O)NC(=O)c2cccc(N)c2)cc1. The van der Waals surface area contributed by atoms with Gasteiger partial charge in [0.2, 0.25) is 0 Å². The van der Waals surface area contributed by atoms with Gasteiger partial charge in [-0.1, -0.05) is 23.8 Å². The number of nitrogens with one attached hydrogen (secondary N) is 1. The average molecular weight is 290 g/mol. The van der Waals surface area contributed by atoms with Crippen molar-refractivity contribution in [3.63, 3.8) is 0 Å². The summed E-state index contributed by atoms with van der Waals surface area (Å²) in [6.07, 6.45) is 0. The Labute approximate surface area is 117 Å². The Bertz CT molecular complexity index is 737. The van der Waals surface area contributed by atoms with E-state index in [2.05, 4.69) is 0 Å². The lowest BCUT2D eigenvalue weighted by Crippen LogP contribution is -2.30. The van der Waals surface area contributed by atoms with Crippen molar-refractivity contribution < 1.29 is 13.2 Å². The molecular weight excluding hydrogens is 276 g/mol. The summed E-state index contributed by atoms with van der Waals surface area (Å²) in [4.78, 5) is 11.9.